The van der Waals surface area contributed by atoms with Crippen molar-refractivity contribution in [3.05, 3.63) is 26.9 Å². The van der Waals surface area contributed by atoms with Gasteiger partial charge in [0.25, 0.3) is 0 Å². The van der Waals surface area contributed by atoms with Gasteiger partial charge in [-0.1, -0.05) is 11.3 Å². The van der Waals surface area contributed by atoms with Crippen LogP contribution in [0.15, 0.2) is 11.6 Å². The van der Waals surface area contributed by atoms with Crippen molar-refractivity contribution in [2.45, 2.75) is 0 Å². The third-order valence-corrected chi connectivity index (χ3v) is 1.13. The van der Waals surface area contributed by atoms with Crippen LogP contribution >= 0.6 is 11.3 Å². The van der Waals surface area contributed by atoms with Gasteiger partial charge in [-0.25, -0.2) is 4.98 Å². The van der Waals surface area contributed by atoms with Crippen LogP contribution in [0, 0.1) is 15.3 Å². The summed E-state index contributed by atoms with van der Waals surface area (Å²) in [5.74, 6) is 0. The van der Waals surface area contributed by atoms with Crippen LogP contribution in [0.4, 0.5) is 5.13 Å². The van der Waals surface area contributed by atoms with Crippen molar-refractivity contribution in [1.29, 1.82) is 0 Å². The molecule has 0 aliphatic carbocycles. The predicted octanol–water partition coefficient (Wildman–Crippen LogP) is -0.0947. The molecule has 0 atom stereocenters. The fourth-order valence-electron chi connectivity index (χ4n) is 0.257. The van der Waals surface area contributed by atoms with Gasteiger partial charge in [-0.2, -0.15) is 0 Å². The molecule has 0 aliphatic heterocycles. The van der Waals surface area contributed by atoms with Gasteiger partial charge >= 0.3 is 5.13 Å². The highest BCUT2D eigenvalue weighted by Gasteiger charge is 1.84. The molecule has 0 unspecified atom stereocenters. The van der Waals surface area contributed by atoms with Crippen LogP contribution in [-0.2, 0) is 0 Å². The van der Waals surface area contributed by atoms with E-state index in [4.69, 9.17) is 21.1 Å². The number of nitrogen functional groups attached to an aromatic ring is 1. The summed E-state index contributed by atoms with van der Waals surface area (Å²) in [6, 6.07) is 0. The van der Waals surface area contributed by atoms with E-state index in [2.05, 4.69) is 4.98 Å². The van der Waals surface area contributed by atoms with Gasteiger partial charge in [-0.05, 0) is 0 Å². The SMILES string of the molecule is Nc1[nH+]ccs1.O=[N+]([O-])[O-]. The smallest absolute Gasteiger partial charge is 0.329 e. The normalized spacial score (nSPS) is 7.60. The number of nitrogens with two attached hydrogens (primary N) is 1. The standard InChI is InChI=1S/C3H4N2S.NO3/c4-3-5-1-2-6-3;2-1(3)4/h1-2H,(H2,4,5);/q;-1/p+1. The minimum Gasteiger partial charge on any atom is -0.356 e. The fourth-order valence-corrected chi connectivity index (χ4v) is 0.676. The minimum absolute atomic E-state index is 0.759. The number of aromatic amines is 1. The largest absolute Gasteiger partial charge is 0.356 e. The Morgan fingerprint density at radius 2 is 2.20 bits per heavy atom. The zero-order valence-electron chi connectivity index (χ0n) is 4.81. The Bertz CT molecular complexity index is 183. The molecule has 0 aromatic carbocycles. The molecule has 10 heavy (non-hydrogen) atoms. The monoisotopic (exact) mass is 163 g/mol. The van der Waals surface area contributed by atoms with Crippen molar-refractivity contribution < 1.29 is 10.1 Å². The van der Waals surface area contributed by atoms with Crippen LogP contribution < -0.4 is 10.7 Å². The average molecular weight is 163 g/mol. The number of thiazole rings is 1. The Labute approximate surface area is 60.0 Å². The maximum Gasteiger partial charge on any atom is 0.329 e. The van der Waals surface area contributed by atoms with Gasteiger partial charge in [0, 0.05) is 5.38 Å². The zero-order valence-corrected chi connectivity index (χ0v) is 5.63. The molecule has 0 bridgehead atoms. The summed E-state index contributed by atoms with van der Waals surface area (Å²) in [7, 11) is 0. The second kappa shape index (κ2) is 4.50. The summed E-state index contributed by atoms with van der Waals surface area (Å²) in [4.78, 5) is 11.0. The van der Waals surface area contributed by atoms with E-state index in [0.29, 0.717) is 0 Å². The van der Waals surface area contributed by atoms with E-state index in [1.165, 1.54) is 11.3 Å². The third kappa shape index (κ3) is 6.63. The molecule has 3 N–H and O–H groups in total. The van der Waals surface area contributed by atoms with Gasteiger partial charge in [0.05, 0.1) is 11.3 Å². The van der Waals surface area contributed by atoms with E-state index in [1.807, 2.05) is 5.38 Å². The van der Waals surface area contributed by atoms with Gasteiger partial charge in [-0.15, -0.1) is 0 Å². The minimum atomic E-state index is -1.75. The second-order valence-corrected chi connectivity index (χ2v) is 2.10. The average Bonchev–Trinajstić information content (AvgIpc) is 2.15. The first-order valence-corrected chi connectivity index (χ1v) is 3.03. The topological polar surface area (TPSA) is 106 Å². The molecule has 1 heterocycles. The van der Waals surface area contributed by atoms with Gasteiger partial charge < -0.3 is 15.3 Å². The predicted molar refractivity (Wildman–Crippen MR) is 35.6 cm³/mol. The number of rotatable bonds is 0. The molecule has 1 aromatic heterocycles. The molecular weight excluding hydrogens is 158 g/mol. The highest BCUT2D eigenvalue weighted by molar-refractivity contribution is 7.12. The Kier molecular flexibility index (Phi) is 3.89. The van der Waals surface area contributed by atoms with E-state index in [1.54, 1.807) is 6.20 Å². The summed E-state index contributed by atoms with van der Waals surface area (Å²) in [6.45, 7) is 0. The molecule has 0 saturated carbocycles. The number of aromatic nitrogens is 1. The highest BCUT2D eigenvalue weighted by atomic mass is 32.1. The lowest BCUT2D eigenvalue weighted by Gasteiger charge is -1.74. The second-order valence-electron chi connectivity index (χ2n) is 1.15. The molecular formula is C3H5N3O3S. The number of H-pyrrole nitrogens is 1. The summed E-state index contributed by atoms with van der Waals surface area (Å²) in [6.07, 6.45) is 1.81. The Balaban J connectivity index is 0.000000180. The molecule has 0 aliphatic rings. The summed E-state index contributed by atoms with van der Waals surface area (Å²) in [5.41, 5.74) is 5.24. The van der Waals surface area contributed by atoms with Crippen LogP contribution in [0.1, 0.15) is 0 Å². The van der Waals surface area contributed by atoms with Crippen LogP contribution in [0.5, 0.6) is 0 Å². The Hall–Kier alpha value is -1.37. The lowest BCUT2D eigenvalue weighted by molar-refractivity contribution is -0.402. The summed E-state index contributed by atoms with van der Waals surface area (Å²) in [5, 5.41) is 17.4. The lowest BCUT2D eigenvalue weighted by Crippen LogP contribution is -2.00. The first-order chi connectivity index (χ1) is 4.63. The number of hydrogen-bond acceptors (Lipinski definition) is 5. The lowest BCUT2D eigenvalue weighted by atomic mass is 11.0. The van der Waals surface area contributed by atoms with Gasteiger partial charge in [0.2, 0.25) is 0 Å². The molecule has 0 fully saturated rings. The molecule has 6 nitrogen and oxygen atoms in total. The zero-order chi connectivity index (χ0) is 7.98. The molecule has 0 spiro atoms. The molecule has 7 heteroatoms. The summed E-state index contributed by atoms with van der Waals surface area (Å²) < 4.78 is 0. The molecule has 1 rings (SSSR count). The van der Waals surface area contributed by atoms with Crippen LogP contribution in [0.3, 0.4) is 0 Å². The van der Waals surface area contributed by atoms with E-state index in [9.17, 15) is 0 Å². The van der Waals surface area contributed by atoms with Crippen molar-refractivity contribution in [3.8, 4) is 0 Å². The van der Waals surface area contributed by atoms with Gasteiger partial charge in [-0.3, -0.25) is 5.73 Å². The van der Waals surface area contributed by atoms with Crippen LogP contribution in [-0.4, -0.2) is 5.09 Å². The Morgan fingerprint density at radius 1 is 1.70 bits per heavy atom. The van der Waals surface area contributed by atoms with Crippen molar-refractivity contribution in [1.82, 2.24) is 0 Å². The molecule has 1 aromatic rings. The number of nitrogens with one attached hydrogen (secondary N) is 1. The Morgan fingerprint density at radius 3 is 2.30 bits per heavy atom. The van der Waals surface area contributed by atoms with E-state index >= 15 is 0 Å². The van der Waals surface area contributed by atoms with Gasteiger partial charge in [0.15, 0.2) is 0 Å². The molecule has 0 amide bonds. The molecule has 56 valence electrons. The van der Waals surface area contributed by atoms with Crippen molar-refractivity contribution in [2.24, 2.45) is 0 Å². The number of nitrogens with zero attached hydrogens (tertiary/aromatic N) is 1. The van der Waals surface area contributed by atoms with Crippen molar-refractivity contribution in [2.75, 3.05) is 5.73 Å². The van der Waals surface area contributed by atoms with E-state index in [-0.39, 0.29) is 0 Å². The first-order valence-electron chi connectivity index (χ1n) is 2.15. The van der Waals surface area contributed by atoms with Crippen molar-refractivity contribution >= 4 is 16.5 Å². The van der Waals surface area contributed by atoms with E-state index < -0.39 is 5.09 Å². The van der Waals surface area contributed by atoms with Gasteiger partial charge in [0.1, 0.15) is 0 Å². The molecule has 0 radical (unpaired) electrons. The van der Waals surface area contributed by atoms with E-state index in [0.717, 1.165) is 5.13 Å². The maximum atomic E-state index is 8.25. The van der Waals surface area contributed by atoms with Crippen molar-refractivity contribution in [3.63, 3.8) is 0 Å². The highest BCUT2D eigenvalue weighted by Crippen LogP contribution is 1.96. The maximum absolute atomic E-state index is 8.25. The fraction of sp³-hybridized carbons (Fsp3) is 0. The molecule has 0 saturated heterocycles. The van der Waals surface area contributed by atoms with Crippen LogP contribution in [0.2, 0.25) is 0 Å². The third-order valence-electron chi connectivity index (χ3n) is 0.489. The summed E-state index contributed by atoms with van der Waals surface area (Å²) >= 11 is 1.50. The quantitative estimate of drug-likeness (QED) is 0.425. The number of anilines is 1. The number of hydrogen-bond donors (Lipinski definition) is 1. The van der Waals surface area contributed by atoms with Crippen LogP contribution in [0.25, 0.3) is 0 Å². The first kappa shape index (κ1) is 8.63.